The smallest absolute Gasteiger partial charge is 0.277 e. The monoisotopic (exact) mass is 508 g/mol. The van der Waals surface area contributed by atoms with Crippen LogP contribution in [-0.2, 0) is 4.74 Å². The minimum absolute atomic E-state index is 0.0872. The molecule has 0 spiro atoms. The Labute approximate surface area is 212 Å². The zero-order chi connectivity index (χ0) is 25.1. The Bertz CT molecular complexity index is 1550. The third-order valence-electron chi connectivity index (χ3n) is 6.97. The van der Waals surface area contributed by atoms with E-state index >= 15 is 4.39 Å². The van der Waals surface area contributed by atoms with Crippen molar-refractivity contribution in [3.8, 4) is 11.1 Å². The Morgan fingerprint density at radius 2 is 1.94 bits per heavy atom. The van der Waals surface area contributed by atoms with Crippen molar-refractivity contribution < 1.29 is 9.13 Å². The second-order valence-electron chi connectivity index (χ2n) is 9.73. The number of rotatable bonds is 4. The van der Waals surface area contributed by atoms with E-state index in [1.54, 1.807) is 32.0 Å². The van der Waals surface area contributed by atoms with E-state index in [-0.39, 0.29) is 17.8 Å². The molecular formula is C26H26ClFN6O2. The lowest BCUT2D eigenvalue weighted by atomic mass is 10.1. The maximum atomic E-state index is 15.1. The van der Waals surface area contributed by atoms with Crippen LogP contribution in [0.25, 0.3) is 16.8 Å². The number of halogens is 2. The number of anilines is 1. The minimum Gasteiger partial charge on any atom is -0.367 e. The highest BCUT2D eigenvalue weighted by Gasteiger charge is 2.31. The highest BCUT2D eigenvalue weighted by Crippen LogP contribution is 2.36. The molecule has 1 aliphatic heterocycles. The van der Waals surface area contributed by atoms with Gasteiger partial charge < -0.3 is 9.64 Å². The molecule has 1 saturated carbocycles. The van der Waals surface area contributed by atoms with Crippen LogP contribution in [-0.4, -0.2) is 43.6 Å². The van der Waals surface area contributed by atoms with Crippen molar-refractivity contribution in [3.63, 3.8) is 0 Å². The van der Waals surface area contributed by atoms with E-state index in [1.807, 2.05) is 17.8 Å². The molecule has 36 heavy (non-hydrogen) atoms. The molecule has 8 nitrogen and oxygen atoms in total. The lowest BCUT2D eigenvalue weighted by molar-refractivity contribution is -0.0177. The number of ether oxygens (including phenoxy) is 1. The van der Waals surface area contributed by atoms with Gasteiger partial charge in [0.25, 0.3) is 5.56 Å². The van der Waals surface area contributed by atoms with Crippen LogP contribution in [0.3, 0.4) is 0 Å². The maximum absolute atomic E-state index is 15.1. The summed E-state index contributed by atoms with van der Waals surface area (Å²) in [6, 6.07) is 6.78. The number of morpholine rings is 1. The molecule has 0 N–H and O–H groups in total. The summed E-state index contributed by atoms with van der Waals surface area (Å²) in [7, 11) is 0. The Morgan fingerprint density at radius 3 is 2.69 bits per heavy atom. The molecule has 2 fully saturated rings. The van der Waals surface area contributed by atoms with Gasteiger partial charge in [0.05, 0.1) is 24.9 Å². The van der Waals surface area contributed by atoms with Gasteiger partial charge >= 0.3 is 0 Å². The van der Waals surface area contributed by atoms with Crippen molar-refractivity contribution in [1.82, 2.24) is 24.4 Å². The molecule has 2 aliphatic rings. The summed E-state index contributed by atoms with van der Waals surface area (Å²) in [5, 5.41) is 9.49. The summed E-state index contributed by atoms with van der Waals surface area (Å²) in [4.78, 5) is 19.9. The van der Waals surface area contributed by atoms with E-state index in [2.05, 4.69) is 26.3 Å². The number of benzene rings is 1. The maximum Gasteiger partial charge on any atom is 0.277 e. The van der Waals surface area contributed by atoms with E-state index < -0.39 is 5.82 Å². The Kier molecular flexibility index (Phi) is 5.57. The van der Waals surface area contributed by atoms with Gasteiger partial charge in [0.2, 0.25) is 0 Å². The highest BCUT2D eigenvalue weighted by molar-refractivity contribution is 6.30. The van der Waals surface area contributed by atoms with E-state index in [9.17, 15) is 4.79 Å². The lowest BCUT2D eigenvalue weighted by Crippen LogP contribution is -2.43. The van der Waals surface area contributed by atoms with E-state index in [1.165, 1.54) is 10.6 Å². The van der Waals surface area contributed by atoms with Crippen molar-refractivity contribution in [1.29, 1.82) is 0 Å². The molecule has 186 valence electrons. The first-order valence-corrected chi connectivity index (χ1v) is 12.5. The van der Waals surface area contributed by atoms with Gasteiger partial charge in [-0.25, -0.2) is 9.37 Å². The fraction of sp³-hybridized carbons (Fsp3) is 0.385. The van der Waals surface area contributed by atoms with Crippen molar-refractivity contribution in [2.45, 2.75) is 51.9 Å². The van der Waals surface area contributed by atoms with E-state index in [0.717, 1.165) is 18.4 Å². The lowest BCUT2D eigenvalue weighted by Gasteiger charge is -2.37. The van der Waals surface area contributed by atoms with Gasteiger partial charge in [0, 0.05) is 45.7 Å². The topological polar surface area (TPSA) is 77.6 Å². The number of hydrogen-bond donors (Lipinski definition) is 0. The Morgan fingerprint density at radius 1 is 1.14 bits per heavy atom. The molecule has 0 unspecified atom stereocenters. The summed E-state index contributed by atoms with van der Waals surface area (Å²) >= 11 is 6.01. The Balaban J connectivity index is 1.47. The van der Waals surface area contributed by atoms with E-state index in [4.69, 9.17) is 16.3 Å². The summed E-state index contributed by atoms with van der Waals surface area (Å²) in [6.45, 7) is 6.59. The van der Waals surface area contributed by atoms with Crippen LogP contribution in [0.2, 0.25) is 5.02 Å². The zero-order valence-electron chi connectivity index (χ0n) is 20.3. The largest absolute Gasteiger partial charge is 0.367 e. The van der Waals surface area contributed by atoms with Crippen LogP contribution >= 0.6 is 11.6 Å². The molecule has 0 amide bonds. The third-order valence-corrected chi connectivity index (χ3v) is 7.20. The zero-order valence-corrected chi connectivity index (χ0v) is 21.0. The van der Waals surface area contributed by atoms with Crippen LogP contribution in [0, 0.1) is 19.7 Å². The van der Waals surface area contributed by atoms with Crippen molar-refractivity contribution in [2.75, 3.05) is 18.0 Å². The van der Waals surface area contributed by atoms with Crippen LogP contribution in [0.1, 0.15) is 48.7 Å². The molecule has 3 aromatic heterocycles. The van der Waals surface area contributed by atoms with Gasteiger partial charge in [-0.3, -0.25) is 9.48 Å². The molecule has 4 aromatic rings. The van der Waals surface area contributed by atoms with Crippen molar-refractivity contribution >= 4 is 23.1 Å². The van der Waals surface area contributed by atoms with Gasteiger partial charge in [0.1, 0.15) is 11.9 Å². The molecule has 10 heteroatoms. The summed E-state index contributed by atoms with van der Waals surface area (Å²) in [6.07, 6.45) is 5.94. The van der Waals surface area contributed by atoms with E-state index in [0.29, 0.717) is 58.0 Å². The Hall–Kier alpha value is -3.30. The second-order valence-corrected chi connectivity index (χ2v) is 10.2. The molecule has 0 radical (unpaired) electrons. The average Bonchev–Trinajstić information content (AvgIpc) is 3.58. The predicted octanol–water partition coefficient (Wildman–Crippen LogP) is 4.66. The number of fused-ring (bicyclic) bond motifs is 1. The van der Waals surface area contributed by atoms with Crippen molar-refractivity contribution in [3.05, 3.63) is 74.7 Å². The first-order chi connectivity index (χ1) is 17.3. The SMILES string of the molecule is Cc1nc2c(-c3ccc(Cl)cc3F)cc(N3C[C@@H](C)O[C@@H](c4cnn(C5CC5)c4)C3)nn2c(=O)c1C. The summed E-state index contributed by atoms with van der Waals surface area (Å²) < 4.78 is 24.6. The summed E-state index contributed by atoms with van der Waals surface area (Å²) in [5.41, 5.74) is 2.90. The minimum atomic E-state index is -0.491. The average molecular weight is 509 g/mol. The molecule has 2 atom stereocenters. The highest BCUT2D eigenvalue weighted by atomic mass is 35.5. The first kappa shape index (κ1) is 23.1. The fourth-order valence-corrected chi connectivity index (χ4v) is 4.89. The predicted molar refractivity (Wildman–Crippen MR) is 135 cm³/mol. The van der Waals surface area contributed by atoms with Crippen molar-refractivity contribution in [2.24, 2.45) is 0 Å². The fourth-order valence-electron chi connectivity index (χ4n) is 4.73. The van der Waals surface area contributed by atoms with Gasteiger partial charge in [-0.15, -0.1) is 5.10 Å². The molecule has 4 heterocycles. The van der Waals surface area contributed by atoms with Gasteiger partial charge in [-0.2, -0.15) is 9.61 Å². The second kappa shape index (κ2) is 8.67. The molecule has 1 saturated heterocycles. The van der Waals surface area contributed by atoms with Gasteiger partial charge in [0.15, 0.2) is 11.5 Å². The molecular weight excluding hydrogens is 483 g/mol. The first-order valence-electron chi connectivity index (χ1n) is 12.1. The third kappa shape index (κ3) is 4.06. The van der Waals surface area contributed by atoms with Crippen LogP contribution < -0.4 is 10.5 Å². The standard InChI is InChI=1S/C26H26ClFN6O2/c1-14-11-32(13-23(36-14)17-10-29-33(12-17)19-5-6-19)24-9-21(20-7-4-18(27)8-22(20)28)25-30-16(3)15(2)26(35)34(25)31-24/h4,7-10,12,14,19,23H,5-6,11,13H2,1-3H3/t14-,23-/m1/s1. The number of aromatic nitrogens is 5. The van der Waals surface area contributed by atoms with Gasteiger partial charge in [-0.1, -0.05) is 11.6 Å². The van der Waals surface area contributed by atoms with Crippen LogP contribution in [0.4, 0.5) is 10.2 Å². The quantitative estimate of drug-likeness (QED) is 0.399. The molecule has 6 rings (SSSR count). The number of aryl methyl sites for hydroxylation is 1. The number of nitrogens with zero attached hydrogens (tertiary/aromatic N) is 6. The molecule has 0 bridgehead atoms. The summed E-state index contributed by atoms with van der Waals surface area (Å²) in [5.74, 6) is 0.0588. The van der Waals surface area contributed by atoms with Crippen LogP contribution in [0.5, 0.6) is 0 Å². The molecule has 1 aliphatic carbocycles. The normalized spacial score (nSPS) is 20.3. The van der Waals surface area contributed by atoms with Crippen LogP contribution in [0.15, 0.2) is 41.5 Å². The number of hydrogen-bond acceptors (Lipinski definition) is 6. The van der Waals surface area contributed by atoms with Gasteiger partial charge in [-0.05, 0) is 57.9 Å². The molecule has 1 aromatic carbocycles.